The number of piperazine rings is 1. The van der Waals surface area contributed by atoms with Gasteiger partial charge in [0.15, 0.2) is 11.5 Å². The molecule has 0 radical (unpaired) electrons. The molecule has 1 fully saturated rings. The fourth-order valence-electron chi connectivity index (χ4n) is 3.34. The Morgan fingerprint density at radius 1 is 1.10 bits per heavy atom. The standard InChI is InChI=1S/C23H28N2O6/c1-28-20-9-8-18(22(26)29-2)14-21(20)30-13-10-19-15-25(12-11-24-19)23(27)31-16-17-6-4-3-5-7-17/h3-9,14,19,24H,10-13,15-16H2,1-2H3/t19-/m1/s1. The first-order valence-corrected chi connectivity index (χ1v) is 10.2. The van der Waals surface area contributed by atoms with E-state index in [1.165, 1.54) is 7.11 Å². The van der Waals surface area contributed by atoms with Gasteiger partial charge in [-0.05, 0) is 30.2 Å². The number of nitrogens with zero attached hydrogens (tertiary/aromatic N) is 1. The lowest BCUT2D eigenvalue weighted by Gasteiger charge is -2.33. The maximum absolute atomic E-state index is 12.4. The second-order valence-corrected chi connectivity index (χ2v) is 7.13. The highest BCUT2D eigenvalue weighted by Gasteiger charge is 2.24. The molecule has 0 saturated carbocycles. The fraction of sp³-hybridized carbons (Fsp3) is 0.391. The molecule has 2 aromatic rings. The Balaban J connectivity index is 1.48. The summed E-state index contributed by atoms with van der Waals surface area (Å²) in [5.74, 6) is 0.571. The number of amides is 1. The first-order valence-electron chi connectivity index (χ1n) is 10.2. The summed E-state index contributed by atoms with van der Waals surface area (Å²) in [5.41, 5.74) is 1.35. The summed E-state index contributed by atoms with van der Waals surface area (Å²) in [7, 11) is 2.88. The minimum atomic E-state index is -0.439. The van der Waals surface area contributed by atoms with Gasteiger partial charge in [0, 0.05) is 25.7 Å². The fourth-order valence-corrected chi connectivity index (χ4v) is 3.34. The van der Waals surface area contributed by atoms with Crippen LogP contribution in [0.5, 0.6) is 11.5 Å². The van der Waals surface area contributed by atoms with Gasteiger partial charge in [-0.1, -0.05) is 30.3 Å². The van der Waals surface area contributed by atoms with Gasteiger partial charge in [0.1, 0.15) is 6.61 Å². The quantitative estimate of drug-likeness (QED) is 0.647. The van der Waals surface area contributed by atoms with Gasteiger partial charge in [0.05, 0.1) is 26.4 Å². The van der Waals surface area contributed by atoms with Gasteiger partial charge in [-0.2, -0.15) is 0 Å². The van der Waals surface area contributed by atoms with Crippen molar-refractivity contribution in [1.82, 2.24) is 10.2 Å². The van der Waals surface area contributed by atoms with Crippen LogP contribution >= 0.6 is 0 Å². The molecule has 1 aliphatic rings. The van der Waals surface area contributed by atoms with Gasteiger partial charge in [0.2, 0.25) is 0 Å². The zero-order chi connectivity index (χ0) is 22.1. The van der Waals surface area contributed by atoms with Crippen molar-refractivity contribution in [3.63, 3.8) is 0 Å². The van der Waals surface area contributed by atoms with E-state index in [-0.39, 0.29) is 18.7 Å². The molecule has 0 aromatic heterocycles. The number of esters is 1. The third-order valence-electron chi connectivity index (χ3n) is 5.03. The third kappa shape index (κ3) is 6.36. The van der Waals surface area contributed by atoms with Crippen LogP contribution < -0.4 is 14.8 Å². The van der Waals surface area contributed by atoms with E-state index in [4.69, 9.17) is 18.9 Å². The van der Waals surface area contributed by atoms with E-state index < -0.39 is 5.97 Å². The topological polar surface area (TPSA) is 86.3 Å². The molecular formula is C23H28N2O6. The maximum Gasteiger partial charge on any atom is 0.410 e. The van der Waals surface area contributed by atoms with Gasteiger partial charge < -0.3 is 29.2 Å². The van der Waals surface area contributed by atoms with Gasteiger partial charge in [-0.3, -0.25) is 0 Å². The Morgan fingerprint density at radius 2 is 1.90 bits per heavy atom. The van der Waals surface area contributed by atoms with Crippen LogP contribution in [0, 0.1) is 0 Å². The molecule has 0 bridgehead atoms. The monoisotopic (exact) mass is 428 g/mol. The van der Waals surface area contributed by atoms with Crippen molar-refractivity contribution in [2.45, 2.75) is 19.1 Å². The number of ether oxygens (including phenoxy) is 4. The molecule has 8 heteroatoms. The SMILES string of the molecule is COC(=O)c1ccc(OC)c(OCC[C@@H]2CN(C(=O)OCc3ccccc3)CCN2)c1. The van der Waals surface area contributed by atoms with Crippen molar-refractivity contribution in [3.05, 3.63) is 59.7 Å². The normalized spacial score (nSPS) is 15.8. The van der Waals surface area contributed by atoms with Crippen LogP contribution in [0.25, 0.3) is 0 Å². The number of carbonyl (C=O) groups is 2. The molecule has 1 aliphatic heterocycles. The summed E-state index contributed by atoms with van der Waals surface area (Å²) < 4.78 is 21.4. The summed E-state index contributed by atoms with van der Waals surface area (Å²) in [6, 6.07) is 14.6. The lowest BCUT2D eigenvalue weighted by molar-refractivity contribution is 0.0600. The number of carbonyl (C=O) groups excluding carboxylic acids is 2. The average Bonchev–Trinajstić information content (AvgIpc) is 2.82. The van der Waals surface area contributed by atoms with E-state index in [9.17, 15) is 9.59 Å². The van der Waals surface area contributed by atoms with Gasteiger partial charge in [0.25, 0.3) is 0 Å². The number of methoxy groups -OCH3 is 2. The van der Waals surface area contributed by atoms with Gasteiger partial charge >= 0.3 is 12.1 Å². The summed E-state index contributed by atoms with van der Waals surface area (Å²) in [4.78, 5) is 25.9. The molecule has 1 N–H and O–H groups in total. The zero-order valence-corrected chi connectivity index (χ0v) is 17.8. The molecule has 0 unspecified atom stereocenters. The number of benzene rings is 2. The Bertz CT molecular complexity index is 874. The summed E-state index contributed by atoms with van der Waals surface area (Å²) in [5, 5.41) is 3.40. The van der Waals surface area contributed by atoms with E-state index >= 15 is 0 Å². The minimum Gasteiger partial charge on any atom is -0.493 e. The van der Waals surface area contributed by atoms with E-state index in [0.717, 1.165) is 5.56 Å². The average molecular weight is 428 g/mol. The van der Waals surface area contributed by atoms with Crippen molar-refractivity contribution >= 4 is 12.1 Å². The van der Waals surface area contributed by atoms with Crippen LogP contribution in [-0.2, 0) is 16.1 Å². The molecule has 2 aromatic carbocycles. The first kappa shape index (κ1) is 22.4. The van der Waals surface area contributed by atoms with Crippen molar-refractivity contribution < 1.29 is 28.5 Å². The molecule has 166 valence electrons. The van der Waals surface area contributed by atoms with Gasteiger partial charge in [-0.25, -0.2) is 9.59 Å². The second kappa shape index (κ2) is 11.2. The van der Waals surface area contributed by atoms with Crippen LogP contribution in [0.15, 0.2) is 48.5 Å². The highest BCUT2D eigenvalue weighted by molar-refractivity contribution is 5.90. The van der Waals surface area contributed by atoms with Crippen LogP contribution in [0.4, 0.5) is 4.79 Å². The Morgan fingerprint density at radius 3 is 2.65 bits per heavy atom. The number of hydrogen-bond acceptors (Lipinski definition) is 7. The number of nitrogens with one attached hydrogen (secondary N) is 1. The zero-order valence-electron chi connectivity index (χ0n) is 17.8. The molecule has 3 rings (SSSR count). The lowest BCUT2D eigenvalue weighted by Crippen LogP contribution is -2.53. The molecule has 1 heterocycles. The highest BCUT2D eigenvalue weighted by Crippen LogP contribution is 2.28. The molecule has 1 saturated heterocycles. The first-order chi connectivity index (χ1) is 15.1. The number of hydrogen-bond donors (Lipinski definition) is 1. The minimum absolute atomic E-state index is 0.0767. The largest absolute Gasteiger partial charge is 0.493 e. The summed E-state index contributed by atoms with van der Waals surface area (Å²) in [6.07, 6.45) is 0.359. The Hall–Kier alpha value is -3.26. The predicted molar refractivity (Wildman–Crippen MR) is 114 cm³/mol. The smallest absolute Gasteiger partial charge is 0.410 e. The van der Waals surface area contributed by atoms with Crippen molar-refractivity contribution in [2.75, 3.05) is 40.5 Å². The molecule has 1 atom stereocenters. The van der Waals surface area contributed by atoms with E-state index in [0.29, 0.717) is 49.7 Å². The van der Waals surface area contributed by atoms with E-state index in [1.807, 2.05) is 30.3 Å². The van der Waals surface area contributed by atoms with Crippen LogP contribution in [-0.4, -0.2) is 63.5 Å². The number of rotatable bonds is 8. The summed E-state index contributed by atoms with van der Waals surface area (Å²) in [6.45, 7) is 2.47. The molecule has 0 aliphatic carbocycles. The van der Waals surface area contributed by atoms with E-state index in [1.54, 1.807) is 30.2 Å². The van der Waals surface area contributed by atoms with Crippen molar-refractivity contribution in [2.24, 2.45) is 0 Å². The van der Waals surface area contributed by atoms with Crippen molar-refractivity contribution in [1.29, 1.82) is 0 Å². The molecule has 1 amide bonds. The molecular weight excluding hydrogens is 400 g/mol. The van der Waals surface area contributed by atoms with Crippen LogP contribution in [0.2, 0.25) is 0 Å². The molecule has 0 spiro atoms. The molecule has 31 heavy (non-hydrogen) atoms. The van der Waals surface area contributed by atoms with Gasteiger partial charge in [-0.15, -0.1) is 0 Å². The van der Waals surface area contributed by atoms with Crippen LogP contribution in [0.3, 0.4) is 0 Å². The Labute approximate surface area is 182 Å². The maximum atomic E-state index is 12.4. The summed E-state index contributed by atoms with van der Waals surface area (Å²) >= 11 is 0. The van der Waals surface area contributed by atoms with E-state index in [2.05, 4.69) is 5.32 Å². The Kier molecular flexibility index (Phi) is 8.12. The molecule has 8 nitrogen and oxygen atoms in total. The van der Waals surface area contributed by atoms with Crippen LogP contribution in [0.1, 0.15) is 22.3 Å². The predicted octanol–water partition coefficient (Wildman–Crippen LogP) is 2.86. The third-order valence-corrected chi connectivity index (χ3v) is 5.03. The van der Waals surface area contributed by atoms with Crippen molar-refractivity contribution in [3.8, 4) is 11.5 Å². The second-order valence-electron chi connectivity index (χ2n) is 7.13. The highest BCUT2D eigenvalue weighted by atomic mass is 16.6. The lowest BCUT2D eigenvalue weighted by atomic mass is 10.1.